The Morgan fingerprint density at radius 3 is 2.55 bits per heavy atom. The Labute approximate surface area is 236 Å². The minimum Gasteiger partial charge on any atom is -0.493 e. The van der Waals surface area contributed by atoms with E-state index in [0.29, 0.717) is 33.8 Å². The summed E-state index contributed by atoms with van der Waals surface area (Å²) in [7, 11) is 1.56. The fourth-order valence-electron chi connectivity index (χ4n) is 4.69. The third-order valence-electron chi connectivity index (χ3n) is 6.71. The zero-order valence-corrected chi connectivity index (χ0v) is 24.0. The molecule has 0 aliphatic heterocycles. The Morgan fingerprint density at radius 1 is 1.05 bits per heavy atom. The molecule has 0 saturated heterocycles. The van der Waals surface area contributed by atoms with Crippen LogP contribution in [0.5, 0.6) is 11.5 Å². The summed E-state index contributed by atoms with van der Waals surface area (Å²) in [6.45, 7) is 0.259. The first-order valence-electron chi connectivity index (χ1n) is 12.4. The second-order valence-corrected chi connectivity index (χ2v) is 11.0. The molecular weight excluding hydrogens is 617 g/mol. The van der Waals surface area contributed by atoms with E-state index in [1.165, 1.54) is 23.2 Å². The lowest BCUT2D eigenvalue weighted by Crippen LogP contribution is -2.25. The number of halogens is 3. The van der Waals surface area contributed by atoms with Crippen molar-refractivity contribution in [2.24, 2.45) is 5.10 Å². The van der Waals surface area contributed by atoms with Gasteiger partial charge in [0.25, 0.3) is 5.56 Å². The molecule has 0 amide bonds. The molecule has 4 aromatic rings. The molecule has 1 aromatic heterocycles. The van der Waals surface area contributed by atoms with Crippen LogP contribution in [0.25, 0.3) is 10.9 Å². The molecule has 0 radical (unpaired) electrons. The van der Waals surface area contributed by atoms with Gasteiger partial charge in [-0.1, -0.05) is 47.3 Å². The zero-order chi connectivity index (χ0) is 26.6. The van der Waals surface area contributed by atoms with E-state index in [1.807, 2.05) is 12.1 Å². The van der Waals surface area contributed by atoms with Crippen molar-refractivity contribution in [2.75, 3.05) is 7.11 Å². The molecular formula is C29H26Br2FN3O3. The zero-order valence-electron chi connectivity index (χ0n) is 20.8. The van der Waals surface area contributed by atoms with Crippen molar-refractivity contribution in [3.63, 3.8) is 0 Å². The van der Waals surface area contributed by atoms with Crippen LogP contribution < -0.4 is 15.0 Å². The van der Waals surface area contributed by atoms with Crippen LogP contribution in [-0.4, -0.2) is 23.0 Å². The molecule has 3 aromatic carbocycles. The van der Waals surface area contributed by atoms with Gasteiger partial charge in [0.05, 0.1) is 24.2 Å². The van der Waals surface area contributed by atoms with E-state index in [-0.39, 0.29) is 23.9 Å². The summed E-state index contributed by atoms with van der Waals surface area (Å²) in [4.78, 5) is 18.5. The minimum atomic E-state index is -0.294. The highest BCUT2D eigenvalue weighted by atomic mass is 79.9. The summed E-state index contributed by atoms with van der Waals surface area (Å²) in [5, 5.41) is 5.15. The molecule has 9 heteroatoms. The first-order chi connectivity index (χ1) is 18.4. The molecule has 1 aliphatic rings. The van der Waals surface area contributed by atoms with Gasteiger partial charge in [-0.3, -0.25) is 4.79 Å². The van der Waals surface area contributed by atoms with Gasteiger partial charge in [0, 0.05) is 20.4 Å². The van der Waals surface area contributed by atoms with Crippen LogP contribution in [0, 0.1) is 5.82 Å². The third kappa shape index (κ3) is 5.83. The van der Waals surface area contributed by atoms with Gasteiger partial charge in [0.15, 0.2) is 11.5 Å². The highest BCUT2D eigenvalue weighted by molar-refractivity contribution is 9.10. The van der Waals surface area contributed by atoms with Crippen molar-refractivity contribution < 1.29 is 13.9 Å². The Hall–Kier alpha value is -3.04. The van der Waals surface area contributed by atoms with Crippen LogP contribution >= 0.6 is 31.9 Å². The van der Waals surface area contributed by atoms with Crippen molar-refractivity contribution in [1.29, 1.82) is 0 Å². The van der Waals surface area contributed by atoms with Gasteiger partial charge in [-0.2, -0.15) is 9.78 Å². The van der Waals surface area contributed by atoms with Crippen LogP contribution in [0.2, 0.25) is 0 Å². The lowest BCUT2D eigenvalue weighted by molar-refractivity contribution is 0.284. The van der Waals surface area contributed by atoms with Gasteiger partial charge in [0.2, 0.25) is 0 Å². The van der Waals surface area contributed by atoms with E-state index in [4.69, 9.17) is 14.5 Å². The third-order valence-corrected chi connectivity index (χ3v) is 7.89. The van der Waals surface area contributed by atoms with Gasteiger partial charge in [-0.15, -0.1) is 0 Å². The number of methoxy groups -OCH3 is 1. The number of benzene rings is 3. The Bertz CT molecular complexity index is 1550. The summed E-state index contributed by atoms with van der Waals surface area (Å²) >= 11 is 7.06. The van der Waals surface area contributed by atoms with Crippen LogP contribution in [-0.2, 0) is 6.61 Å². The molecule has 0 atom stereocenters. The molecule has 1 fully saturated rings. The van der Waals surface area contributed by atoms with Crippen molar-refractivity contribution in [2.45, 2.75) is 44.6 Å². The predicted molar refractivity (Wildman–Crippen MR) is 154 cm³/mol. The summed E-state index contributed by atoms with van der Waals surface area (Å²) < 4.78 is 27.7. The summed E-state index contributed by atoms with van der Waals surface area (Å²) in [5.41, 5.74) is 2.03. The summed E-state index contributed by atoms with van der Waals surface area (Å²) in [6.07, 6.45) is 7.04. The average Bonchev–Trinajstić information content (AvgIpc) is 2.93. The fraction of sp³-hybridized carbons (Fsp3) is 0.276. The molecule has 1 aliphatic carbocycles. The monoisotopic (exact) mass is 641 g/mol. The fourth-order valence-corrected chi connectivity index (χ4v) is 5.47. The molecule has 0 bridgehead atoms. The topological polar surface area (TPSA) is 65.7 Å². The maximum atomic E-state index is 13.6. The molecule has 0 unspecified atom stereocenters. The van der Waals surface area contributed by atoms with Crippen LogP contribution in [0.15, 0.2) is 73.4 Å². The second kappa shape index (κ2) is 11.8. The molecule has 1 saturated carbocycles. The van der Waals surface area contributed by atoms with E-state index < -0.39 is 0 Å². The maximum Gasteiger partial charge on any atom is 0.282 e. The van der Waals surface area contributed by atoms with Gasteiger partial charge >= 0.3 is 0 Å². The lowest BCUT2D eigenvalue weighted by Gasteiger charge is -2.22. The number of aromatic nitrogens is 2. The largest absolute Gasteiger partial charge is 0.493 e. The normalized spacial score (nSPS) is 14.3. The smallest absolute Gasteiger partial charge is 0.282 e. The number of rotatable bonds is 7. The first kappa shape index (κ1) is 26.6. The van der Waals surface area contributed by atoms with Gasteiger partial charge < -0.3 is 9.47 Å². The number of hydrogen-bond donors (Lipinski definition) is 0. The summed E-state index contributed by atoms with van der Waals surface area (Å²) in [5.74, 6) is 1.62. The van der Waals surface area contributed by atoms with Gasteiger partial charge in [-0.05, 0) is 76.8 Å². The molecule has 1 heterocycles. The highest BCUT2D eigenvalue weighted by Crippen LogP contribution is 2.34. The maximum absolute atomic E-state index is 13.6. The Balaban J connectivity index is 1.49. The minimum absolute atomic E-state index is 0.182. The van der Waals surface area contributed by atoms with Gasteiger partial charge in [0.1, 0.15) is 18.2 Å². The van der Waals surface area contributed by atoms with E-state index in [1.54, 1.807) is 43.7 Å². The number of hydrogen-bond acceptors (Lipinski definition) is 5. The van der Waals surface area contributed by atoms with E-state index in [9.17, 15) is 9.18 Å². The highest BCUT2D eigenvalue weighted by Gasteiger charge is 2.22. The Kier molecular flexibility index (Phi) is 8.24. The lowest BCUT2D eigenvalue weighted by atomic mass is 9.88. The molecule has 196 valence electrons. The van der Waals surface area contributed by atoms with E-state index in [0.717, 1.165) is 40.2 Å². The molecule has 5 rings (SSSR count). The van der Waals surface area contributed by atoms with Crippen molar-refractivity contribution in [3.05, 3.63) is 96.7 Å². The van der Waals surface area contributed by atoms with E-state index >= 15 is 0 Å². The standard InChI is InChI=1S/C29H26Br2FN3O3/c1-37-26-13-20(24(31)15-27(26)38-17-18-7-10-22(32)11-8-18)16-33-35-28(19-5-3-2-4-6-19)34-25-12-9-21(30)14-23(25)29(35)36/h7-16,19H,2-6,17H2,1H3. The SMILES string of the molecule is COc1cc(C=Nn2c(C3CCCCC3)nc3ccc(Br)cc3c2=O)c(Br)cc1OCc1ccc(F)cc1. The number of fused-ring (bicyclic) bond motifs is 1. The average molecular weight is 643 g/mol. The quantitative estimate of drug-likeness (QED) is 0.195. The van der Waals surface area contributed by atoms with Crippen molar-refractivity contribution >= 4 is 49.0 Å². The molecule has 0 N–H and O–H groups in total. The van der Waals surface area contributed by atoms with Crippen LogP contribution in [0.1, 0.15) is 55.0 Å². The predicted octanol–water partition coefficient (Wildman–Crippen LogP) is 7.58. The van der Waals surface area contributed by atoms with Gasteiger partial charge in [-0.25, -0.2) is 9.37 Å². The second-order valence-electron chi connectivity index (χ2n) is 9.27. The van der Waals surface area contributed by atoms with E-state index in [2.05, 4.69) is 37.0 Å². The molecule has 6 nitrogen and oxygen atoms in total. The summed E-state index contributed by atoms with van der Waals surface area (Å²) in [6, 6.07) is 15.3. The molecule has 0 spiro atoms. The number of ether oxygens (including phenoxy) is 2. The van der Waals surface area contributed by atoms with Crippen LogP contribution in [0.4, 0.5) is 4.39 Å². The number of nitrogens with zero attached hydrogens (tertiary/aromatic N) is 3. The van der Waals surface area contributed by atoms with Crippen molar-refractivity contribution in [3.8, 4) is 11.5 Å². The van der Waals surface area contributed by atoms with Crippen LogP contribution in [0.3, 0.4) is 0 Å². The molecule has 38 heavy (non-hydrogen) atoms. The first-order valence-corrected chi connectivity index (χ1v) is 14.0. The van der Waals surface area contributed by atoms with Crippen molar-refractivity contribution in [1.82, 2.24) is 9.66 Å². The Morgan fingerprint density at radius 2 is 1.82 bits per heavy atom.